The van der Waals surface area contributed by atoms with E-state index in [2.05, 4.69) is 15.9 Å². The van der Waals surface area contributed by atoms with Crippen LogP contribution in [-0.2, 0) is 0 Å². The first-order chi connectivity index (χ1) is 6.81. The molecule has 1 aromatic rings. The zero-order chi connectivity index (χ0) is 11.6. The maximum Gasteiger partial charge on any atom is 0.264 e. The van der Waals surface area contributed by atoms with Crippen LogP contribution in [0, 0.1) is 0 Å². The summed E-state index contributed by atoms with van der Waals surface area (Å²) in [6.45, 7) is 3.68. The lowest BCUT2D eigenvalue weighted by molar-refractivity contribution is 0.0370. The molecule has 3 nitrogen and oxygen atoms in total. The van der Waals surface area contributed by atoms with E-state index in [9.17, 15) is 9.90 Å². The molecular weight excluding hydrogens is 278 g/mol. The number of nitrogens with zero attached hydrogens (tertiary/aromatic N) is 1. The highest BCUT2D eigenvalue weighted by atomic mass is 79.9. The van der Waals surface area contributed by atoms with Gasteiger partial charge in [-0.1, -0.05) is 0 Å². The summed E-state index contributed by atoms with van der Waals surface area (Å²) in [5.41, 5.74) is -0.867. The summed E-state index contributed by atoms with van der Waals surface area (Å²) in [4.78, 5) is 14.1. The van der Waals surface area contributed by atoms with Crippen molar-refractivity contribution in [2.75, 3.05) is 13.6 Å². The average Bonchev–Trinajstić information content (AvgIpc) is 2.47. The molecule has 0 atom stereocenters. The van der Waals surface area contributed by atoms with Crippen LogP contribution < -0.4 is 0 Å². The third-order valence-corrected chi connectivity index (χ3v) is 3.61. The Balaban J connectivity index is 2.74. The molecule has 0 aliphatic heterocycles. The number of amides is 1. The van der Waals surface area contributed by atoms with Gasteiger partial charge in [-0.3, -0.25) is 4.79 Å². The predicted molar refractivity (Wildman–Crippen MR) is 65.3 cm³/mol. The van der Waals surface area contributed by atoms with Crippen molar-refractivity contribution in [2.45, 2.75) is 19.4 Å². The number of carbonyl (C=O) groups excluding carboxylic acids is 1. The number of thiophene rings is 1. The van der Waals surface area contributed by atoms with E-state index in [0.717, 1.165) is 4.47 Å². The second-order valence-electron chi connectivity index (χ2n) is 4.07. The molecule has 0 aromatic carbocycles. The molecule has 0 spiro atoms. The Labute approximate surface area is 102 Å². The monoisotopic (exact) mass is 291 g/mol. The molecule has 0 bridgehead atoms. The van der Waals surface area contributed by atoms with E-state index >= 15 is 0 Å². The molecule has 0 saturated carbocycles. The van der Waals surface area contributed by atoms with Crippen LogP contribution in [0.15, 0.2) is 15.9 Å². The average molecular weight is 292 g/mol. The minimum absolute atomic E-state index is 0.0704. The maximum atomic E-state index is 11.9. The highest BCUT2D eigenvalue weighted by molar-refractivity contribution is 9.10. The molecule has 0 unspecified atom stereocenters. The Hall–Kier alpha value is -0.390. The number of halogens is 1. The summed E-state index contributed by atoms with van der Waals surface area (Å²) in [5.74, 6) is -0.0704. The van der Waals surface area contributed by atoms with Crippen LogP contribution in [-0.4, -0.2) is 35.1 Å². The molecule has 0 fully saturated rings. The summed E-state index contributed by atoms with van der Waals surface area (Å²) in [5, 5.41) is 11.5. The van der Waals surface area contributed by atoms with Gasteiger partial charge in [0.15, 0.2) is 0 Å². The molecule has 5 heteroatoms. The van der Waals surface area contributed by atoms with Gasteiger partial charge in [0.25, 0.3) is 5.91 Å². The van der Waals surface area contributed by atoms with E-state index in [1.807, 2.05) is 11.4 Å². The van der Waals surface area contributed by atoms with Crippen molar-refractivity contribution in [3.63, 3.8) is 0 Å². The second-order valence-corrected chi connectivity index (χ2v) is 5.84. The first-order valence-electron chi connectivity index (χ1n) is 4.52. The number of rotatable bonds is 3. The van der Waals surface area contributed by atoms with Crippen LogP contribution in [0.1, 0.15) is 23.5 Å². The van der Waals surface area contributed by atoms with Gasteiger partial charge < -0.3 is 10.0 Å². The highest BCUT2D eigenvalue weighted by Crippen LogP contribution is 2.24. The lowest BCUT2D eigenvalue weighted by atomic mass is 10.1. The third-order valence-electron chi connectivity index (χ3n) is 1.78. The summed E-state index contributed by atoms with van der Waals surface area (Å²) in [7, 11) is 1.69. The lowest BCUT2D eigenvalue weighted by Crippen LogP contribution is -2.39. The van der Waals surface area contributed by atoms with Gasteiger partial charge in [-0.05, 0) is 41.2 Å². The van der Waals surface area contributed by atoms with Crippen molar-refractivity contribution in [1.29, 1.82) is 0 Å². The third kappa shape index (κ3) is 3.59. The largest absolute Gasteiger partial charge is 0.389 e. The molecule has 1 heterocycles. The van der Waals surface area contributed by atoms with Crippen LogP contribution in [0.4, 0.5) is 0 Å². The molecular formula is C10H14BrNO2S. The smallest absolute Gasteiger partial charge is 0.264 e. The number of hydrogen-bond donors (Lipinski definition) is 1. The summed E-state index contributed by atoms with van der Waals surface area (Å²) >= 11 is 4.71. The summed E-state index contributed by atoms with van der Waals surface area (Å²) in [6, 6.07) is 1.84. The molecule has 0 radical (unpaired) electrons. The summed E-state index contributed by atoms with van der Waals surface area (Å²) in [6.07, 6.45) is 0. The minimum Gasteiger partial charge on any atom is -0.389 e. The number of likely N-dealkylation sites (N-methyl/N-ethyl adjacent to an activating group) is 1. The fraction of sp³-hybridized carbons (Fsp3) is 0.500. The van der Waals surface area contributed by atoms with Crippen LogP contribution >= 0.6 is 27.3 Å². The van der Waals surface area contributed by atoms with E-state index in [1.54, 1.807) is 20.9 Å². The van der Waals surface area contributed by atoms with Crippen molar-refractivity contribution in [3.8, 4) is 0 Å². The first kappa shape index (κ1) is 12.7. The normalized spacial score (nSPS) is 11.5. The van der Waals surface area contributed by atoms with E-state index in [0.29, 0.717) is 11.4 Å². The van der Waals surface area contributed by atoms with Gasteiger partial charge in [0, 0.05) is 18.1 Å². The van der Waals surface area contributed by atoms with Crippen LogP contribution in [0.3, 0.4) is 0 Å². The minimum atomic E-state index is -0.867. The van der Waals surface area contributed by atoms with Crippen molar-refractivity contribution in [1.82, 2.24) is 4.90 Å². The Morgan fingerprint density at radius 1 is 1.67 bits per heavy atom. The standard InChI is InChI=1S/C10H14BrNO2S/c1-10(2,14)6-12(3)9(13)8-7(11)4-5-15-8/h4-5,14H,6H2,1-3H3. The molecule has 1 rings (SSSR count). The molecule has 15 heavy (non-hydrogen) atoms. The fourth-order valence-corrected chi connectivity index (χ4v) is 2.81. The van der Waals surface area contributed by atoms with Gasteiger partial charge in [0.2, 0.25) is 0 Å². The summed E-state index contributed by atoms with van der Waals surface area (Å²) < 4.78 is 0.806. The van der Waals surface area contributed by atoms with Gasteiger partial charge in [-0.25, -0.2) is 0 Å². The predicted octanol–water partition coefficient (Wildman–Crippen LogP) is 2.35. The first-order valence-corrected chi connectivity index (χ1v) is 6.19. The number of carbonyl (C=O) groups is 1. The highest BCUT2D eigenvalue weighted by Gasteiger charge is 2.22. The zero-order valence-corrected chi connectivity index (χ0v) is 11.4. The van der Waals surface area contributed by atoms with E-state index in [-0.39, 0.29) is 5.91 Å². The Morgan fingerprint density at radius 2 is 2.27 bits per heavy atom. The maximum absolute atomic E-state index is 11.9. The van der Waals surface area contributed by atoms with Gasteiger partial charge in [-0.15, -0.1) is 11.3 Å². The van der Waals surface area contributed by atoms with Crippen molar-refractivity contribution >= 4 is 33.2 Å². The number of hydrogen-bond acceptors (Lipinski definition) is 3. The van der Waals surface area contributed by atoms with E-state index in [4.69, 9.17) is 0 Å². The lowest BCUT2D eigenvalue weighted by Gasteiger charge is -2.25. The molecule has 1 aromatic heterocycles. The van der Waals surface area contributed by atoms with Gasteiger partial charge in [0.05, 0.1) is 5.60 Å². The van der Waals surface area contributed by atoms with Crippen LogP contribution in [0.25, 0.3) is 0 Å². The Morgan fingerprint density at radius 3 is 2.67 bits per heavy atom. The molecule has 0 aliphatic carbocycles. The second kappa shape index (κ2) is 4.63. The van der Waals surface area contributed by atoms with Crippen LogP contribution in [0.5, 0.6) is 0 Å². The topological polar surface area (TPSA) is 40.5 Å². The molecule has 84 valence electrons. The van der Waals surface area contributed by atoms with Crippen molar-refractivity contribution in [2.24, 2.45) is 0 Å². The quantitative estimate of drug-likeness (QED) is 0.929. The number of aliphatic hydroxyl groups is 1. The van der Waals surface area contributed by atoms with Gasteiger partial charge in [0.1, 0.15) is 4.88 Å². The zero-order valence-electron chi connectivity index (χ0n) is 8.95. The Bertz CT molecular complexity index is 357. The van der Waals surface area contributed by atoms with E-state index < -0.39 is 5.60 Å². The molecule has 1 amide bonds. The van der Waals surface area contributed by atoms with Gasteiger partial charge in [-0.2, -0.15) is 0 Å². The van der Waals surface area contributed by atoms with E-state index in [1.165, 1.54) is 16.2 Å². The molecule has 0 saturated heterocycles. The van der Waals surface area contributed by atoms with Crippen molar-refractivity contribution < 1.29 is 9.90 Å². The van der Waals surface area contributed by atoms with Crippen molar-refractivity contribution in [3.05, 3.63) is 20.8 Å². The molecule has 0 aliphatic rings. The SMILES string of the molecule is CN(CC(C)(C)O)C(=O)c1sccc1Br. The molecule has 1 N–H and O–H groups in total. The van der Waals surface area contributed by atoms with Crippen LogP contribution in [0.2, 0.25) is 0 Å². The van der Waals surface area contributed by atoms with Gasteiger partial charge >= 0.3 is 0 Å². The fourth-order valence-electron chi connectivity index (χ4n) is 1.27. The Kier molecular flexibility index (Phi) is 3.92.